The Hall–Kier alpha value is -2.54. The van der Waals surface area contributed by atoms with Gasteiger partial charge in [-0.25, -0.2) is 4.79 Å². The van der Waals surface area contributed by atoms with Crippen molar-refractivity contribution >= 4 is 11.7 Å². The molecule has 1 aliphatic rings. The van der Waals surface area contributed by atoms with Crippen molar-refractivity contribution in [2.45, 2.75) is 19.9 Å². The van der Waals surface area contributed by atoms with Crippen molar-refractivity contribution in [3.63, 3.8) is 0 Å². The summed E-state index contributed by atoms with van der Waals surface area (Å²) in [5, 5.41) is 2.75. The molecule has 0 spiro atoms. The summed E-state index contributed by atoms with van der Waals surface area (Å²) < 4.78 is 12.6. The summed E-state index contributed by atoms with van der Waals surface area (Å²) in [6.07, 6.45) is 1.68. The Morgan fingerprint density at radius 1 is 1.29 bits per heavy atom. The summed E-state index contributed by atoms with van der Waals surface area (Å²) in [5.41, 5.74) is 0.790. The first-order valence-corrected chi connectivity index (χ1v) is 7.85. The van der Waals surface area contributed by atoms with Crippen LogP contribution < -0.4 is 10.9 Å². The van der Waals surface area contributed by atoms with E-state index in [4.69, 9.17) is 9.15 Å². The SMILES string of the molecule is Cc1ccc([C@H]2COCCN2C(=O)Nc2c(C)ccn(C)c2=O)o1. The fraction of sp³-hybridized carbons (Fsp3) is 0.412. The van der Waals surface area contributed by atoms with E-state index in [1.165, 1.54) is 4.57 Å². The van der Waals surface area contributed by atoms with Crippen molar-refractivity contribution in [3.8, 4) is 0 Å². The Morgan fingerprint density at radius 2 is 2.08 bits per heavy atom. The quantitative estimate of drug-likeness (QED) is 0.915. The monoisotopic (exact) mass is 331 g/mol. The number of anilines is 1. The van der Waals surface area contributed by atoms with Gasteiger partial charge in [0.2, 0.25) is 0 Å². The number of amides is 2. The number of aryl methyl sites for hydroxylation is 3. The van der Waals surface area contributed by atoms with E-state index in [9.17, 15) is 9.59 Å². The van der Waals surface area contributed by atoms with Gasteiger partial charge < -0.3 is 23.9 Å². The van der Waals surface area contributed by atoms with E-state index in [0.29, 0.717) is 31.2 Å². The van der Waals surface area contributed by atoms with Gasteiger partial charge >= 0.3 is 6.03 Å². The maximum atomic E-state index is 12.7. The van der Waals surface area contributed by atoms with Crippen LogP contribution >= 0.6 is 0 Å². The van der Waals surface area contributed by atoms with Crippen LogP contribution in [0.25, 0.3) is 0 Å². The zero-order valence-electron chi connectivity index (χ0n) is 14.0. The first kappa shape index (κ1) is 16.3. The Kier molecular flexibility index (Phi) is 4.44. The molecule has 1 saturated heterocycles. The van der Waals surface area contributed by atoms with Gasteiger partial charge in [0.05, 0.1) is 13.2 Å². The van der Waals surface area contributed by atoms with Crippen LogP contribution in [0.15, 0.2) is 33.6 Å². The van der Waals surface area contributed by atoms with Crippen LogP contribution in [0.4, 0.5) is 10.5 Å². The Morgan fingerprint density at radius 3 is 2.79 bits per heavy atom. The Labute approximate surface area is 139 Å². The van der Waals surface area contributed by atoms with E-state index < -0.39 is 0 Å². The molecular weight excluding hydrogens is 310 g/mol. The Balaban J connectivity index is 1.85. The number of carbonyl (C=O) groups is 1. The molecule has 2 aromatic rings. The minimum atomic E-state index is -0.330. The minimum absolute atomic E-state index is 0.234. The topological polar surface area (TPSA) is 76.7 Å². The first-order chi connectivity index (χ1) is 11.5. The summed E-state index contributed by atoms with van der Waals surface area (Å²) in [7, 11) is 1.65. The van der Waals surface area contributed by atoms with Crippen LogP contribution in [0, 0.1) is 13.8 Å². The fourth-order valence-corrected chi connectivity index (χ4v) is 2.77. The zero-order chi connectivity index (χ0) is 17.3. The third kappa shape index (κ3) is 3.07. The molecule has 2 aromatic heterocycles. The van der Waals surface area contributed by atoms with Gasteiger partial charge in [0.25, 0.3) is 5.56 Å². The van der Waals surface area contributed by atoms with Gasteiger partial charge in [0, 0.05) is 19.8 Å². The molecule has 0 aromatic carbocycles. The lowest BCUT2D eigenvalue weighted by Crippen LogP contribution is -2.46. The fourth-order valence-electron chi connectivity index (χ4n) is 2.77. The average Bonchev–Trinajstić information content (AvgIpc) is 3.01. The van der Waals surface area contributed by atoms with Crippen molar-refractivity contribution in [1.29, 1.82) is 0 Å². The number of urea groups is 1. The van der Waals surface area contributed by atoms with Gasteiger partial charge in [-0.15, -0.1) is 0 Å². The van der Waals surface area contributed by atoms with Crippen LogP contribution in [0.2, 0.25) is 0 Å². The summed E-state index contributed by atoms with van der Waals surface area (Å²) in [5.74, 6) is 1.46. The molecule has 2 amide bonds. The number of hydrogen-bond acceptors (Lipinski definition) is 4. The van der Waals surface area contributed by atoms with Crippen molar-refractivity contribution in [3.05, 3.63) is 51.8 Å². The maximum Gasteiger partial charge on any atom is 0.322 e. The number of ether oxygens (including phenoxy) is 1. The van der Waals surface area contributed by atoms with Crippen LogP contribution in [0.5, 0.6) is 0 Å². The van der Waals surface area contributed by atoms with E-state index in [1.54, 1.807) is 31.1 Å². The Bertz CT molecular complexity index is 808. The number of hydrogen-bond donors (Lipinski definition) is 1. The molecule has 24 heavy (non-hydrogen) atoms. The molecule has 128 valence electrons. The van der Waals surface area contributed by atoms with E-state index in [-0.39, 0.29) is 17.6 Å². The lowest BCUT2D eigenvalue weighted by Gasteiger charge is -2.34. The number of rotatable bonds is 2. The predicted molar refractivity (Wildman–Crippen MR) is 89.1 cm³/mol. The molecule has 1 N–H and O–H groups in total. The molecule has 0 unspecified atom stereocenters. The van der Waals surface area contributed by atoms with E-state index in [2.05, 4.69) is 5.32 Å². The predicted octanol–water partition coefficient (Wildman–Crippen LogP) is 2.20. The molecule has 7 nitrogen and oxygen atoms in total. The van der Waals surface area contributed by atoms with Crippen molar-refractivity contribution in [1.82, 2.24) is 9.47 Å². The van der Waals surface area contributed by atoms with Crippen molar-refractivity contribution in [2.24, 2.45) is 7.05 Å². The summed E-state index contributed by atoms with van der Waals surface area (Å²) >= 11 is 0. The summed E-state index contributed by atoms with van der Waals surface area (Å²) in [6, 6.07) is 4.87. The molecule has 0 aliphatic carbocycles. The van der Waals surface area contributed by atoms with Gasteiger partial charge in [-0.05, 0) is 37.6 Å². The van der Waals surface area contributed by atoms with Crippen LogP contribution in [-0.2, 0) is 11.8 Å². The summed E-state index contributed by atoms with van der Waals surface area (Å²) in [6.45, 7) is 4.91. The van der Waals surface area contributed by atoms with Crippen molar-refractivity contribution in [2.75, 3.05) is 25.1 Å². The highest BCUT2D eigenvalue weighted by atomic mass is 16.5. The largest absolute Gasteiger partial charge is 0.464 e. The van der Waals surface area contributed by atoms with Crippen LogP contribution in [-0.4, -0.2) is 35.3 Å². The smallest absolute Gasteiger partial charge is 0.322 e. The van der Waals surface area contributed by atoms with Crippen LogP contribution in [0.1, 0.15) is 23.1 Å². The minimum Gasteiger partial charge on any atom is -0.464 e. The number of aromatic nitrogens is 1. The second-order valence-electron chi connectivity index (χ2n) is 5.95. The van der Waals surface area contributed by atoms with E-state index >= 15 is 0 Å². The number of nitrogens with one attached hydrogen (secondary N) is 1. The van der Waals surface area contributed by atoms with Gasteiger partial charge in [-0.3, -0.25) is 4.79 Å². The van der Waals surface area contributed by atoms with Gasteiger partial charge in [0.1, 0.15) is 23.2 Å². The molecule has 0 saturated carbocycles. The first-order valence-electron chi connectivity index (χ1n) is 7.85. The number of morpholine rings is 1. The van der Waals surface area contributed by atoms with Crippen LogP contribution in [0.3, 0.4) is 0 Å². The number of pyridine rings is 1. The standard InChI is InChI=1S/C17H21N3O4/c1-11-6-7-19(3)16(21)15(11)18-17(22)20-8-9-23-10-13(20)14-5-4-12(2)24-14/h4-7,13H,8-10H2,1-3H3,(H,18,22)/t13-/m1/s1. The van der Waals surface area contributed by atoms with Crippen molar-refractivity contribution < 1.29 is 13.9 Å². The lowest BCUT2D eigenvalue weighted by molar-refractivity contribution is 0.00709. The molecule has 7 heteroatoms. The average molecular weight is 331 g/mol. The molecular formula is C17H21N3O4. The second kappa shape index (κ2) is 6.52. The molecule has 1 atom stereocenters. The van der Waals surface area contributed by atoms with Gasteiger partial charge in [0.15, 0.2) is 0 Å². The molecule has 1 aliphatic heterocycles. The number of furan rings is 1. The lowest BCUT2D eigenvalue weighted by atomic mass is 10.2. The van der Waals surface area contributed by atoms with E-state index in [1.807, 2.05) is 19.1 Å². The molecule has 3 heterocycles. The maximum absolute atomic E-state index is 12.7. The summed E-state index contributed by atoms with van der Waals surface area (Å²) in [4.78, 5) is 26.6. The van der Waals surface area contributed by atoms with Gasteiger partial charge in [-0.1, -0.05) is 0 Å². The number of carbonyl (C=O) groups excluding carboxylic acids is 1. The number of nitrogens with zero attached hydrogens (tertiary/aromatic N) is 2. The molecule has 0 radical (unpaired) electrons. The van der Waals surface area contributed by atoms with Gasteiger partial charge in [-0.2, -0.15) is 0 Å². The third-order valence-electron chi connectivity index (χ3n) is 4.19. The highest BCUT2D eigenvalue weighted by Gasteiger charge is 2.31. The highest BCUT2D eigenvalue weighted by Crippen LogP contribution is 2.26. The molecule has 3 rings (SSSR count). The molecule has 1 fully saturated rings. The molecule has 0 bridgehead atoms. The normalized spacial score (nSPS) is 17.8. The zero-order valence-corrected chi connectivity index (χ0v) is 14.0. The van der Waals surface area contributed by atoms with E-state index in [0.717, 1.165) is 11.3 Å². The highest BCUT2D eigenvalue weighted by molar-refractivity contribution is 5.90. The third-order valence-corrected chi connectivity index (χ3v) is 4.19. The second-order valence-corrected chi connectivity index (χ2v) is 5.95.